The molecule has 1 heterocycles. The maximum absolute atomic E-state index is 13.7. The summed E-state index contributed by atoms with van der Waals surface area (Å²) in [5.74, 6) is 0.903. The number of nitrogens with one attached hydrogen (secondary N) is 1. The van der Waals surface area contributed by atoms with E-state index in [0.29, 0.717) is 11.5 Å². The molecular formula is C23H26F3NO3S. The summed E-state index contributed by atoms with van der Waals surface area (Å²) in [7, 11) is 3.04. The number of rotatable bonds is 7. The lowest BCUT2D eigenvalue weighted by Gasteiger charge is -2.37. The second-order valence-corrected chi connectivity index (χ2v) is 8.68. The molecule has 2 aromatic carbocycles. The lowest BCUT2D eigenvalue weighted by atomic mass is 9.86. The fraction of sp³-hybridized carbons (Fsp3) is 0.435. The van der Waals surface area contributed by atoms with Crippen LogP contribution in [-0.4, -0.2) is 37.5 Å². The topological polar surface area (TPSA) is 47.6 Å². The van der Waals surface area contributed by atoms with Gasteiger partial charge < -0.3 is 9.47 Å². The van der Waals surface area contributed by atoms with E-state index in [1.165, 1.54) is 26.0 Å². The first kappa shape index (κ1) is 23.5. The van der Waals surface area contributed by atoms with Crippen LogP contribution in [0.25, 0.3) is 0 Å². The molecule has 1 aliphatic rings. The highest BCUT2D eigenvalue weighted by molar-refractivity contribution is 7.99. The van der Waals surface area contributed by atoms with Crippen molar-refractivity contribution in [3.8, 4) is 11.5 Å². The van der Waals surface area contributed by atoms with Gasteiger partial charge >= 0.3 is 6.18 Å². The van der Waals surface area contributed by atoms with Crippen molar-refractivity contribution in [3.05, 3.63) is 53.6 Å². The third kappa shape index (κ3) is 5.54. The van der Waals surface area contributed by atoms with Crippen LogP contribution < -0.4 is 14.8 Å². The van der Waals surface area contributed by atoms with Crippen molar-refractivity contribution < 1.29 is 27.4 Å². The van der Waals surface area contributed by atoms with Crippen molar-refractivity contribution in [3.63, 3.8) is 0 Å². The highest BCUT2D eigenvalue weighted by atomic mass is 32.2. The number of fused-ring (bicyclic) bond motifs is 1. The largest absolute Gasteiger partial charge is 0.493 e. The quantitative estimate of drug-likeness (QED) is 0.596. The van der Waals surface area contributed by atoms with E-state index < -0.39 is 24.2 Å². The lowest BCUT2D eigenvalue weighted by molar-refractivity contribution is -0.151. The summed E-state index contributed by atoms with van der Waals surface area (Å²) in [4.78, 5) is 13.1. The highest BCUT2D eigenvalue weighted by Crippen LogP contribution is 2.46. The monoisotopic (exact) mass is 453 g/mol. The number of carbonyl (C=O) groups excluding carboxylic acids is 1. The summed E-state index contributed by atoms with van der Waals surface area (Å²) >= 11 is 1.31. The summed E-state index contributed by atoms with van der Waals surface area (Å²) in [5.41, 5.74) is 0.173. The van der Waals surface area contributed by atoms with Gasteiger partial charge in [0.25, 0.3) is 0 Å². The Bertz CT molecular complexity index is 920. The van der Waals surface area contributed by atoms with Gasteiger partial charge in [0.05, 0.1) is 26.7 Å². The van der Waals surface area contributed by atoms with Crippen LogP contribution in [0.3, 0.4) is 0 Å². The predicted molar refractivity (Wildman–Crippen MR) is 115 cm³/mol. The normalized spacial score (nSPS) is 21.2. The number of carbonyl (C=O) groups is 1. The Morgan fingerprint density at radius 3 is 2.39 bits per heavy atom. The molecule has 0 fully saturated rings. The van der Waals surface area contributed by atoms with Gasteiger partial charge in [-0.25, -0.2) is 0 Å². The first-order valence-corrected chi connectivity index (χ1v) is 11.0. The molecular weight excluding hydrogens is 427 g/mol. The van der Waals surface area contributed by atoms with Crippen molar-refractivity contribution >= 4 is 17.5 Å². The van der Waals surface area contributed by atoms with Crippen LogP contribution in [0.15, 0.2) is 47.4 Å². The first-order chi connectivity index (χ1) is 14.7. The van der Waals surface area contributed by atoms with Crippen molar-refractivity contribution in [2.24, 2.45) is 0 Å². The van der Waals surface area contributed by atoms with E-state index in [-0.39, 0.29) is 24.4 Å². The Labute approximate surface area is 184 Å². The molecule has 2 unspecified atom stereocenters. The van der Waals surface area contributed by atoms with Gasteiger partial charge in [-0.05, 0) is 23.3 Å². The minimum atomic E-state index is -4.42. The van der Waals surface area contributed by atoms with Crippen molar-refractivity contribution in [2.75, 3.05) is 20.0 Å². The molecule has 0 aromatic heterocycles. The van der Waals surface area contributed by atoms with Crippen LogP contribution in [0.4, 0.5) is 13.2 Å². The highest BCUT2D eigenvalue weighted by Gasteiger charge is 2.46. The molecule has 2 atom stereocenters. The van der Waals surface area contributed by atoms with Crippen LogP contribution in [0.5, 0.6) is 11.5 Å². The van der Waals surface area contributed by atoms with Gasteiger partial charge in [-0.1, -0.05) is 37.3 Å². The van der Waals surface area contributed by atoms with E-state index in [9.17, 15) is 18.0 Å². The molecule has 1 N–H and O–H groups in total. The number of hydrogen-bond donors (Lipinski definition) is 1. The number of halogens is 3. The van der Waals surface area contributed by atoms with Crippen molar-refractivity contribution in [1.29, 1.82) is 0 Å². The van der Waals surface area contributed by atoms with Gasteiger partial charge in [0.2, 0.25) is 0 Å². The average Bonchev–Trinajstić information content (AvgIpc) is 2.89. The second-order valence-electron chi connectivity index (χ2n) is 7.66. The third-order valence-electron chi connectivity index (χ3n) is 5.38. The van der Waals surface area contributed by atoms with Gasteiger partial charge in [0.1, 0.15) is 5.78 Å². The Balaban J connectivity index is 2.16. The fourth-order valence-corrected chi connectivity index (χ4v) is 5.18. The molecule has 2 aromatic rings. The molecule has 0 aliphatic carbocycles. The third-order valence-corrected chi connectivity index (χ3v) is 6.74. The molecule has 0 amide bonds. The SMILES string of the molecule is CCC(=O)CC1(CC(F)(F)F)CSc2cc(OC)c(OC)cc2C(c2ccccc2)N1. The molecule has 168 valence electrons. The van der Waals surface area contributed by atoms with Crippen LogP contribution in [0.2, 0.25) is 0 Å². The molecule has 0 spiro atoms. The van der Waals surface area contributed by atoms with Crippen molar-refractivity contribution in [1.82, 2.24) is 5.32 Å². The number of alkyl halides is 3. The molecule has 0 saturated heterocycles. The number of ketones is 1. The molecule has 0 bridgehead atoms. The Morgan fingerprint density at radius 1 is 1.16 bits per heavy atom. The number of hydrogen-bond acceptors (Lipinski definition) is 5. The summed E-state index contributed by atoms with van der Waals surface area (Å²) in [6.07, 6.45) is -5.52. The number of benzene rings is 2. The van der Waals surface area contributed by atoms with E-state index >= 15 is 0 Å². The average molecular weight is 454 g/mol. The summed E-state index contributed by atoms with van der Waals surface area (Å²) < 4.78 is 51.9. The Kier molecular flexibility index (Phi) is 7.21. The van der Waals surface area contributed by atoms with E-state index in [1.54, 1.807) is 19.1 Å². The molecule has 3 rings (SSSR count). The maximum Gasteiger partial charge on any atom is 0.390 e. The van der Waals surface area contributed by atoms with Crippen LogP contribution in [-0.2, 0) is 4.79 Å². The molecule has 4 nitrogen and oxygen atoms in total. The van der Waals surface area contributed by atoms with Gasteiger partial charge in [0, 0.05) is 29.0 Å². The Hall–Kier alpha value is -2.19. The fourth-order valence-electron chi connectivity index (χ4n) is 3.93. The summed E-state index contributed by atoms with van der Waals surface area (Å²) in [6, 6.07) is 12.3. The zero-order chi connectivity index (χ0) is 22.6. The molecule has 31 heavy (non-hydrogen) atoms. The zero-order valence-electron chi connectivity index (χ0n) is 17.7. The van der Waals surface area contributed by atoms with Gasteiger partial charge in [-0.15, -0.1) is 11.8 Å². The second kappa shape index (κ2) is 9.53. The minimum Gasteiger partial charge on any atom is -0.493 e. The van der Waals surface area contributed by atoms with Gasteiger partial charge in [-0.2, -0.15) is 13.2 Å². The lowest BCUT2D eigenvalue weighted by Crippen LogP contribution is -2.52. The zero-order valence-corrected chi connectivity index (χ0v) is 18.5. The van der Waals surface area contributed by atoms with Gasteiger partial charge in [-0.3, -0.25) is 10.1 Å². The predicted octanol–water partition coefficient (Wildman–Crippen LogP) is 5.55. The Morgan fingerprint density at radius 2 is 1.81 bits per heavy atom. The summed E-state index contributed by atoms with van der Waals surface area (Å²) in [5, 5.41) is 3.25. The number of thioether (sulfide) groups is 1. The molecule has 0 radical (unpaired) electrons. The van der Waals surface area contributed by atoms with E-state index in [1.807, 2.05) is 30.3 Å². The maximum atomic E-state index is 13.7. The van der Waals surface area contributed by atoms with Crippen LogP contribution in [0.1, 0.15) is 43.4 Å². The van der Waals surface area contributed by atoms with E-state index in [4.69, 9.17) is 9.47 Å². The number of methoxy groups -OCH3 is 2. The van der Waals surface area contributed by atoms with E-state index in [0.717, 1.165) is 16.0 Å². The number of ether oxygens (including phenoxy) is 2. The standard InChI is InChI=1S/C23H26F3NO3S/c1-4-16(28)12-22(13-23(24,25)26)14-31-20-11-19(30-3)18(29-2)10-17(20)21(27-22)15-8-6-5-7-9-15/h5-11,21,27H,4,12-14H2,1-3H3. The van der Waals surface area contributed by atoms with Gasteiger partial charge in [0.15, 0.2) is 11.5 Å². The molecule has 8 heteroatoms. The molecule has 1 aliphatic heterocycles. The van der Waals surface area contributed by atoms with Crippen molar-refractivity contribution in [2.45, 2.75) is 48.8 Å². The molecule has 0 saturated carbocycles. The number of Topliss-reactive ketones (excluding diaryl/α,β-unsaturated/α-hetero) is 1. The van der Waals surface area contributed by atoms with Crippen LogP contribution in [0, 0.1) is 0 Å². The first-order valence-electron chi connectivity index (χ1n) is 10.00. The summed E-state index contributed by atoms with van der Waals surface area (Å²) in [6.45, 7) is 1.67. The van der Waals surface area contributed by atoms with E-state index in [2.05, 4.69) is 5.32 Å². The smallest absolute Gasteiger partial charge is 0.390 e. The van der Waals surface area contributed by atoms with Crippen LogP contribution >= 0.6 is 11.8 Å². The minimum absolute atomic E-state index is 0.101.